The molecule has 3 nitrogen and oxygen atoms in total. The van der Waals surface area contributed by atoms with E-state index in [0.29, 0.717) is 12.6 Å². The van der Waals surface area contributed by atoms with Crippen molar-refractivity contribution in [3.05, 3.63) is 0 Å². The number of aliphatic carboxylic acids is 1. The SMILES string of the molecule is CN(CC(C)(C)C(=O)O)C1CCCCCC1. The third kappa shape index (κ3) is 3.78. The Labute approximate surface area is 98.8 Å². The highest BCUT2D eigenvalue weighted by atomic mass is 16.4. The molecule has 0 spiro atoms. The van der Waals surface area contributed by atoms with Crippen molar-refractivity contribution < 1.29 is 9.90 Å². The van der Waals surface area contributed by atoms with Crippen LogP contribution in [0.15, 0.2) is 0 Å². The molecule has 1 fully saturated rings. The zero-order valence-corrected chi connectivity index (χ0v) is 10.8. The fourth-order valence-corrected chi connectivity index (χ4v) is 2.52. The van der Waals surface area contributed by atoms with Crippen LogP contribution in [0.2, 0.25) is 0 Å². The molecule has 0 aromatic heterocycles. The van der Waals surface area contributed by atoms with Crippen LogP contribution in [0, 0.1) is 5.41 Å². The Morgan fingerprint density at radius 3 is 2.19 bits per heavy atom. The summed E-state index contributed by atoms with van der Waals surface area (Å²) in [5.74, 6) is -0.701. The van der Waals surface area contributed by atoms with E-state index in [4.69, 9.17) is 5.11 Å². The van der Waals surface area contributed by atoms with Crippen LogP contribution in [0.3, 0.4) is 0 Å². The van der Waals surface area contributed by atoms with Gasteiger partial charge in [0.15, 0.2) is 0 Å². The van der Waals surface area contributed by atoms with Crippen LogP contribution in [0.1, 0.15) is 52.4 Å². The first-order valence-electron chi connectivity index (χ1n) is 6.37. The highest BCUT2D eigenvalue weighted by molar-refractivity contribution is 5.73. The molecule has 1 aliphatic carbocycles. The van der Waals surface area contributed by atoms with Crippen molar-refractivity contribution >= 4 is 5.97 Å². The lowest BCUT2D eigenvalue weighted by Gasteiger charge is -2.32. The maximum absolute atomic E-state index is 11.1. The van der Waals surface area contributed by atoms with E-state index in [1.807, 2.05) is 13.8 Å². The summed E-state index contributed by atoms with van der Waals surface area (Å²) < 4.78 is 0. The van der Waals surface area contributed by atoms with E-state index in [1.165, 1.54) is 38.5 Å². The fraction of sp³-hybridized carbons (Fsp3) is 0.923. The average Bonchev–Trinajstić information content (AvgIpc) is 2.44. The van der Waals surface area contributed by atoms with Gasteiger partial charge in [-0.1, -0.05) is 25.7 Å². The molecule has 0 amide bonds. The smallest absolute Gasteiger partial charge is 0.310 e. The lowest BCUT2D eigenvalue weighted by molar-refractivity contribution is -0.148. The molecule has 0 aromatic carbocycles. The molecule has 0 aliphatic heterocycles. The van der Waals surface area contributed by atoms with Crippen molar-refractivity contribution in [3.63, 3.8) is 0 Å². The van der Waals surface area contributed by atoms with Crippen molar-refractivity contribution in [3.8, 4) is 0 Å². The summed E-state index contributed by atoms with van der Waals surface area (Å²) in [7, 11) is 2.07. The van der Waals surface area contributed by atoms with E-state index >= 15 is 0 Å². The van der Waals surface area contributed by atoms with Gasteiger partial charge in [0.2, 0.25) is 0 Å². The largest absolute Gasteiger partial charge is 0.481 e. The summed E-state index contributed by atoms with van der Waals surface area (Å²) in [6, 6.07) is 0.584. The molecule has 1 N–H and O–H groups in total. The Kier molecular flexibility index (Phi) is 4.78. The molecule has 1 saturated carbocycles. The topological polar surface area (TPSA) is 40.5 Å². The highest BCUT2D eigenvalue weighted by Crippen LogP contribution is 2.24. The standard InChI is InChI=1S/C13H25NO2/c1-13(2,12(15)16)10-14(3)11-8-6-4-5-7-9-11/h11H,4-10H2,1-3H3,(H,15,16). The van der Waals surface area contributed by atoms with Gasteiger partial charge in [-0.25, -0.2) is 0 Å². The summed E-state index contributed by atoms with van der Waals surface area (Å²) in [5, 5.41) is 9.12. The summed E-state index contributed by atoms with van der Waals surface area (Å²) in [6.07, 6.45) is 7.72. The minimum atomic E-state index is -0.701. The van der Waals surface area contributed by atoms with Crippen LogP contribution in [0.25, 0.3) is 0 Å². The van der Waals surface area contributed by atoms with E-state index in [2.05, 4.69) is 11.9 Å². The predicted molar refractivity (Wildman–Crippen MR) is 65.5 cm³/mol. The first-order chi connectivity index (χ1) is 7.43. The highest BCUT2D eigenvalue weighted by Gasteiger charge is 2.30. The zero-order chi connectivity index (χ0) is 12.2. The Balaban J connectivity index is 2.49. The summed E-state index contributed by atoms with van der Waals surface area (Å²) in [5.41, 5.74) is -0.638. The number of carboxylic acids is 1. The molecule has 0 radical (unpaired) electrons. The van der Waals surface area contributed by atoms with E-state index in [1.54, 1.807) is 0 Å². The molecule has 16 heavy (non-hydrogen) atoms. The normalized spacial score (nSPS) is 19.8. The number of hydrogen-bond donors (Lipinski definition) is 1. The molecule has 3 heteroatoms. The maximum atomic E-state index is 11.1. The first-order valence-corrected chi connectivity index (χ1v) is 6.37. The average molecular weight is 227 g/mol. The number of carboxylic acid groups (broad SMARTS) is 1. The van der Waals surface area contributed by atoms with Gasteiger partial charge >= 0.3 is 5.97 Å². The molecular weight excluding hydrogens is 202 g/mol. The van der Waals surface area contributed by atoms with Crippen molar-refractivity contribution in [2.24, 2.45) is 5.41 Å². The van der Waals surface area contributed by atoms with Crippen molar-refractivity contribution in [1.29, 1.82) is 0 Å². The fourth-order valence-electron chi connectivity index (χ4n) is 2.52. The molecule has 0 bridgehead atoms. The lowest BCUT2D eigenvalue weighted by Crippen LogP contribution is -2.42. The van der Waals surface area contributed by atoms with Crippen molar-refractivity contribution in [1.82, 2.24) is 4.90 Å². The summed E-state index contributed by atoms with van der Waals surface area (Å²) in [4.78, 5) is 13.3. The zero-order valence-electron chi connectivity index (χ0n) is 10.8. The minimum Gasteiger partial charge on any atom is -0.481 e. The third-order valence-corrected chi connectivity index (χ3v) is 3.67. The van der Waals surface area contributed by atoms with Gasteiger partial charge in [0.1, 0.15) is 0 Å². The monoisotopic (exact) mass is 227 g/mol. The van der Waals surface area contributed by atoms with Crippen LogP contribution in [-0.2, 0) is 4.79 Å². The lowest BCUT2D eigenvalue weighted by atomic mass is 9.92. The second-order valence-corrected chi connectivity index (χ2v) is 5.75. The summed E-state index contributed by atoms with van der Waals surface area (Å²) >= 11 is 0. The Morgan fingerprint density at radius 2 is 1.75 bits per heavy atom. The summed E-state index contributed by atoms with van der Waals surface area (Å²) in [6.45, 7) is 4.26. The molecule has 0 aromatic rings. The van der Waals surface area contributed by atoms with E-state index in [-0.39, 0.29) is 0 Å². The van der Waals surface area contributed by atoms with Gasteiger partial charge in [-0.05, 0) is 33.7 Å². The van der Waals surface area contributed by atoms with Gasteiger partial charge in [-0.15, -0.1) is 0 Å². The minimum absolute atomic E-state index is 0.584. The van der Waals surface area contributed by atoms with Gasteiger partial charge in [-0.2, -0.15) is 0 Å². The van der Waals surface area contributed by atoms with Gasteiger partial charge in [0, 0.05) is 12.6 Å². The van der Waals surface area contributed by atoms with E-state index in [0.717, 1.165) is 0 Å². The van der Waals surface area contributed by atoms with Crippen LogP contribution >= 0.6 is 0 Å². The number of hydrogen-bond acceptors (Lipinski definition) is 2. The molecule has 94 valence electrons. The van der Waals surface area contributed by atoms with Crippen molar-refractivity contribution in [2.45, 2.75) is 58.4 Å². The number of nitrogens with zero attached hydrogens (tertiary/aromatic N) is 1. The quantitative estimate of drug-likeness (QED) is 0.751. The molecule has 0 heterocycles. The molecule has 1 aliphatic rings. The second kappa shape index (κ2) is 5.67. The number of rotatable bonds is 4. The molecular formula is C13H25NO2. The maximum Gasteiger partial charge on any atom is 0.310 e. The van der Waals surface area contributed by atoms with Crippen LogP contribution < -0.4 is 0 Å². The number of carbonyl (C=O) groups is 1. The Hall–Kier alpha value is -0.570. The van der Waals surface area contributed by atoms with Gasteiger partial charge < -0.3 is 10.0 Å². The Bertz CT molecular complexity index is 230. The second-order valence-electron chi connectivity index (χ2n) is 5.75. The first kappa shape index (κ1) is 13.5. The van der Waals surface area contributed by atoms with Gasteiger partial charge in [-0.3, -0.25) is 4.79 Å². The van der Waals surface area contributed by atoms with Crippen LogP contribution in [0.5, 0.6) is 0 Å². The molecule has 0 saturated heterocycles. The van der Waals surface area contributed by atoms with Gasteiger partial charge in [0.05, 0.1) is 5.41 Å². The van der Waals surface area contributed by atoms with Crippen molar-refractivity contribution in [2.75, 3.05) is 13.6 Å². The van der Waals surface area contributed by atoms with E-state index < -0.39 is 11.4 Å². The third-order valence-electron chi connectivity index (χ3n) is 3.67. The van der Waals surface area contributed by atoms with Crippen LogP contribution in [-0.4, -0.2) is 35.6 Å². The predicted octanol–water partition coefficient (Wildman–Crippen LogP) is 2.75. The molecule has 1 rings (SSSR count). The molecule has 0 unspecified atom stereocenters. The van der Waals surface area contributed by atoms with E-state index in [9.17, 15) is 4.79 Å². The molecule has 0 atom stereocenters. The van der Waals surface area contributed by atoms with Crippen LogP contribution in [0.4, 0.5) is 0 Å². The Morgan fingerprint density at radius 1 is 1.25 bits per heavy atom. The van der Waals surface area contributed by atoms with Gasteiger partial charge in [0.25, 0.3) is 0 Å².